The molecule has 1 aromatic rings. The molecule has 0 radical (unpaired) electrons. The topological polar surface area (TPSA) is 15.3 Å². The van der Waals surface area contributed by atoms with Crippen LogP contribution in [0.1, 0.15) is 46.1 Å². The number of halogens is 1. The highest BCUT2D eigenvalue weighted by Gasteiger charge is 2.37. The van der Waals surface area contributed by atoms with E-state index in [1.54, 1.807) is 0 Å². The highest BCUT2D eigenvalue weighted by molar-refractivity contribution is 6.31. The standard InChI is InChI=1S/C18H29ClN2/c1-5-18(6-2)13-21(17(11-20-18)14(3)4)12-15-9-7-8-10-16(15)19/h7-10,14,17,20H,5-6,11-13H2,1-4H3. The molecule has 2 nitrogen and oxygen atoms in total. The molecule has 1 atom stereocenters. The molecule has 118 valence electrons. The summed E-state index contributed by atoms with van der Waals surface area (Å²) in [5.41, 5.74) is 1.50. The van der Waals surface area contributed by atoms with Gasteiger partial charge in [-0.05, 0) is 30.4 Å². The fourth-order valence-corrected chi connectivity index (χ4v) is 3.61. The maximum absolute atomic E-state index is 6.37. The molecule has 0 bridgehead atoms. The van der Waals surface area contributed by atoms with E-state index in [0.29, 0.717) is 12.0 Å². The molecule has 0 aliphatic carbocycles. The van der Waals surface area contributed by atoms with Crippen molar-refractivity contribution in [1.29, 1.82) is 0 Å². The first-order chi connectivity index (χ1) is 10.0. The van der Waals surface area contributed by atoms with E-state index in [0.717, 1.165) is 24.7 Å². The van der Waals surface area contributed by atoms with E-state index in [4.69, 9.17) is 11.6 Å². The summed E-state index contributed by atoms with van der Waals surface area (Å²) in [4.78, 5) is 2.63. The monoisotopic (exact) mass is 308 g/mol. The van der Waals surface area contributed by atoms with Crippen molar-refractivity contribution in [2.75, 3.05) is 13.1 Å². The van der Waals surface area contributed by atoms with Crippen LogP contribution in [-0.4, -0.2) is 29.6 Å². The maximum atomic E-state index is 6.37. The highest BCUT2D eigenvalue weighted by Crippen LogP contribution is 2.28. The Morgan fingerprint density at radius 1 is 1.29 bits per heavy atom. The minimum Gasteiger partial charge on any atom is -0.308 e. The second kappa shape index (κ2) is 7.13. The number of rotatable bonds is 5. The van der Waals surface area contributed by atoms with Gasteiger partial charge in [-0.3, -0.25) is 4.90 Å². The van der Waals surface area contributed by atoms with E-state index < -0.39 is 0 Å². The average Bonchev–Trinajstić information content (AvgIpc) is 2.49. The van der Waals surface area contributed by atoms with Gasteiger partial charge in [0.15, 0.2) is 0 Å². The van der Waals surface area contributed by atoms with Gasteiger partial charge in [-0.25, -0.2) is 0 Å². The van der Waals surface area contributed by atoms with E-state index in [2.05, 4.69) is 50.0 Å². The first-order valence-electron chi connectivity index (χ1n) is 8.24. The lowest BCUT2D eigenvalue weighted by molar-refractivity contribution is 0.0443. The summed E-state index contributed by atoms with van der Waals surface area (Å²) in [6.07, 6.45) is 2.35. The predicted molar refractivity (Wildman–Crippen MR) is 91.8 cm³/mol. The molecule has 1 aliphatic heterocycles. The van der Waals surface area contributed by atoms with Crippen LogP contribution in [0.15, 0.2) is 24.3 Å². The Hall–Kier alpha value is -0.570. The normalized spacial score (nSPS) is 22.7. The van der Waals surface area contributed by atoms with Crippen molar-refractivity contribution in [2.45, 2.75) is 58.7 Å². The zero-order chi connectivity index (χ0) is 15.5. The second-order valence-electron chi connectivity index (χ2n) is 6.68. The zero-order valence-corrected chi connectivity index (χ0v) is 14.6. The molecule has 1 saturated heterocycles. The van der Waals surface area contributed by atoms with E-state index in [9.17, 15) is 0 Å². The van der Waals surface area contributed by atoms with Gasteiger partial charge in [-0.1, -0.05) is 57.5 Å². The second-order valence-corrected chi connectivity index (χ2v) is 7.08. The van der Waals surface area contributed by atoms with Gasteiger partial charge in [0.05, 0.1) is 0 Å². The van der Waals surface area contributed by atoms with Gasteiger partial charge in [0.1, 0.15) is 0 Å². The third-order valence-electron chi connectivity index (χ3n) is 5.12. The molecule has 21 heavy (non-hydrogen) atoms. The van der Waals surface area contributed by atoms with Crippen molar-refractivity contribution in [1.82, 2.24) is 10.2 Å². The molecule has 1 aliphatic rings. The van der Waals surface area contributed by atoms with Gasteiger partial charge in [0, 0.05) is 36.2 Å². The summed E-state index contributed by atoms with van der Waals surface area (Å²) < 4.78 is 0. The summed E-state index contributed by atoms with van der Waals surface area (Å²) in [6, 6.07) is 8.82. The Kier molecular flexibility index (Phi) is 5.70. The van der Waals surface area contributed by atoms with Crippen molar-refractivity contribution < 1.29 is 0 Å². The van der Waals surface area contributed by atoms with Crippen LogP contribution in [0, 0.1) is 5.92 Å². The SMILES string of the molecule is CCC1(CC)CN(Cc2ccccc2Cl)C(C(C)C)CN1. The van der Waals surface area contributed by atoms with Crippen molar-refractivity contribution in [3.8, 4) is 0 Å². The quantitative estimate of drug-likeness (QED) is 0.871. The number of hydrogen-bond acceptors (Lipinski definition) is 2. The molecule has 0 spiro atoms. The van der Waals surface area contributed by atoms with E-state index in [1.165, 1.54) is 18.4 Å². The fraction of sp³-hybridized carbons (Fsp3) is 0.667. The van der Waals surface area contributed by atoms with Gasteiger partial charge in [0.25, 0.3) is 0 Å². The van der Waals surface area contributed by atoms with Crippen molar-refractivity contribution in [3.05, 3.63) is 34.9 Å². The molecule has 1 heterocycles. The van der Waals surface area contributed by atoms with Crippen LogP contribution in [0.2, 0.25) is 5.02 Å². The van der Waals surface area contributed by atoms with Crippen LogP contribution in [0.4, 0.5) is 0 Å². The van der Waals surface area contributed by atoms with Crippen LogP contribution < -0.4 is 5.32 Å². The Morgan fingerprint density at radius 3 is 2.52 bits per heavy atom. The molecular weight excluding hydrogens is 280 g/mol. The molecule has 0 amide bonds. The lowest BCUT2D eigenvalue weighted by atomic mass is 9.86. The van der Waals surface area contributed by atoms with Gasteiger partial charge in [-0.2, -0.15) is 0 Å². The minimum absolute atomic E-state index is 0.257. The molecular formula is C18H29ClN2. The molecule has 3 heteroatoms. The van der Waals surface area contributed by atoms with Crippen molar-refractivity contribution in [2.24, 2.45) is 5.92 Å². The fourth-order valence-electron chi connectivity index (χ4n) is 3.41. The van der Waals surface area contributed by atoms with Crippen LogP contribution >= 0.6 is 11.6 Å². The zero-order valence-electron chi connectivity index (χ0n) is 13.8. The van der Waals surface area contributed by atoms with Gasteiger partial charge in [0.2, 0.25) is 0 Å². The maximum Gasteiger partial charge on any atom is 0.0451 e. The van der Waals surface area contributed by atoms with Crippen LogP contribution in [0.25, 0.3) is 0 Å². The largest absolute Gasteiger partial charge is 0.308 e. The highest BCUT2D eigenvalue weighted by atomic mass is 35.5. The molecule has 1 aromatic carbocycles. The summed E-state index contributed by atoms with van der Waals surface area (Å²) in [5, 5.41) is 4.71. The minimum atomic E-state index is 0.257. The molecule has 1 fully saturated rings. The van der Waals surface area contributed by atoms with Crippen LogP contribution in [-0.2, 0) is 6.54 Å². The number of nitrogens with one attached hydrogen (secondary N) is 1. The summed E-state index contributed by atoms with van der Waals surface area (Å²) in [7, 11) is 0. The Bertz CT molecular complexity index is 454. The molecule has 2 rings (SSSR count). The first kappa shape index (κ1) is 16.8. The molecule has 0 aromatic heterocycles. The Morgan fingerprint density at radius 2 is 1.95 bits per heavy atom. The Labute approximate surface area is 134 Å². The summed E-state index contributed by atoms with van der Waals surface area (Å²) >= 11 is 6.37. The van der Waals surface area contributed by atoms with Gasteiger partial charge < -0.3 is 5.32 Å². The van der Waals surface area contributed by atoms with Gasteiger partial charge in [-0.15, -0.1) is 0 Å². The van der Waals surface area contributed by atoms with Crippen LogP contribution in [0.3, 0.4) is 0 Å². The predicted octanol–water partition coefficient (Wildman–Crippen LogP) is 4.33. The number of piperazine rings is 1. The third kappa shape index (κ3) is 3.80. The van der Waals surface area contributed by atoms with E-state index >= 15 is 0 Å². The van der Waals surface area contributed by atoms with Crippen molar-refractivity contribution in [3.63, 3.8) is 0 Å². The van der Waals surface area contributed by atoms with Crippen LogP contribution in [0.5, 0.6) is 0 Å². The number of nitrogens with zero attached hydrogens (tertiary/aromatic N) is 1. The Balaban J connectivity index is 2.20. The van der Waals surface area contributed by atoms with E-state index in [1.807, 2.05) is 12.1 Å². The molecule has 1 unspecified atom stereocenters. The molecule has 0 saturated carbocycles. The third-order valence-corrected chi connectivity index (χ3v) is 5.48. The average molecular weight is 309 g/mol. The number of hydrogen-bond donors (Lipinski definition) is 1. The first-order valence-corrected chi connectivity index (χ1v) is 8.61. The summed E-state index contributed by atoms with van der Waals surface area (Å²) in [6.45, 7) is 12.3. The lowest BCUT2D eigenvalue weighted by Crippen LogP contribution is -2.64. The van der Waals surface area contributed by atoms with Gasteiger partial charge >= 0.3 is 0 Å². The smallest absolute Gasteiger partial charge is 0.0451 e. The lowest BCUT2D eigenvalue weighted by Gasteiger charge is -2.49. The molecule has 1 N–H and O–H groups in total. The van der Waals surface area contributed by atoms with Crippen molar-refractivity contribution >= 4 is 11.6 Å². The number of benzene rings is 1. The summed E-state index contributed by atoms with van der Waals surface area (Å²) in [5.74, 6) is 0.645. The van der Waals surface area contributed by atoms with E-state index in [-0.39, 0.29) is 5.54 Å².